The summed E-state index contributed by atoms with van der Waals surface area (Å²) in [6, 6.07) is 2.74. The number of carbonyl (C=O) groups excluding carboxylic acids is 1. The maximum Gasteiger partial charge on any atom is 0.417 e. The number of nitrogens with zero attached hydrogens (tertiary/aromatic N) is 3. The number of fused-ring (bicyclic) bond motifs is 1. The summed E-state index contributed by atoms with van der Waals surface area (Å²) in [5.74, 6) is -3.58. The van der Waals surface area contributed by atoms with Crippen LogP contribution in [0, 0.1) is 17.6 Å². The van der Waals surface area contributed by atoms with Crippen LogP contribution in [0.1, 0.15) is 35.2 Å². The van der Waals surface area contributed by atoms with Gasteiger partial charge in [0.25, 0.3) is 0 Å². The highest BCUT2D eigenvalue weighted by atomic mass is 32.1. The molecule has 1 aliphatic rings. The molecule has 1 atom stereocenters. The number of pyridine rings is 1. The van der Waals surface area contributed by atoms with Crippen molar-refractivity contribution in [2.24, 2.45) is 5.92 Å². The van der Waals surface area contributed by atoms with Gasteiger partial charge < -0.3 is 20.1 Å². The predicted octanol–water partition coefficient (Wildman–Crippen LogP) is 4.02. The minimum atomic E-state index is -4.57. The summed E-state index contributed by atoms with van der Waals surface area (Å²) in [6.45, 7) is 1.06. The predicted molar refractivity (Wildman–Crippen MR) is 116 cm³/mol. The van der Waals surface area contributed by atoms with Gasteiger partial charge in [-0.15, -0.1) is 0 Å². The van der Waals surface area contributed by atoms with Crippen LogP contribution in [0.2, 0.25) is 0 Å². The number of alkyl halides is 3. The van der Waals surface area contributed by atoms with E-state index in [-0.39, 0.29) is 27.9 Å². The number of aliphatic hydroxyl groups is 1. The minimum absolute atomic E-state index is 0.00994. The number of benzene rings is 1. The molecule has 0 spiro atoms. The third-order valence-corrected chi connectivity index (χ3v) is 6.66. The van der Waals surface area contributed by atoms with E-state index in [0.717, 1.165) is 29.5 Å². The Morgan fingerprint density at radius 3 is 2.71 bits per heavy atom. The van der Waals surface area contributed by atoms with Crippen LogP contribution in [0.5, 0.6) is 5.75 Å². The highest BCUT2D eigenvalue weighted by Crippen LogP contribution is 2.32. The van der Waals surface area contributed by atoms with Gasteiger partial charge in [-0.25, -0.2) is 18.7 Å². The average Bonchev–Trinajstić information content (AvgIpc) is 3.20. The van der Waals surface area contributed by atoms with E-state index in [0.29, 0.717) is 32.1 Å². The van der Waals surface area contributed by atoms with Crippen LogP contribution in [0.25, 0.3) is 10.3 Å². The maximum atomic E-state index is 15.0. The topological polar surface area (TPSA) is 87.6 Å². The number of thiazole rings is 1. The monoisotopic (exact) mass is 516 g/mol. The first-order valence-corrected chi connectivity index (χ1v) is 11.4. The quantitative estimate of drug-likeness (QED) is 0.380. The number of likely N-dealkylation sites (tertiary alicyclic amines) is 1. The van der Waals surface area contributed by atoms with Crippen molar-refractivity contribution < 1.29 is 36.6 Å². The Kier molecular flexibility index (Phi) is 7.20. The lowest BCUT2D eigenvalue weighted by atomic mass is 9.96. The van der Waals surface area contributed by atoms with Crippen LogP contribution in [0.3, 0.4) is 0 Å². The molecule has 1 saturated heterocycles. The van der Waals surface area contributed by atoms with Gasteiger partial charge >= 0.3 is 6.18 Å². The second-order valence-corrected chi connectivity index (χ2v) is 9.27. The summed E-state index contributed by atoms with van der Waals surface area (Å²) in [5.41, 5.74) is -1.71. The van der Waals surface area contributed by atoms with Crippen molar-refractivity contribution in [1.29, 1.82) is 0 Å². The average molecular weight is 516 g/mol. The molecule has 188 valence electrons. The van der Waals surface area contributed by atoms with Crippen LogP contribution in [-0.4, -0.2) is 46.0 Å². The van der Waals surface area contributed by atoms with Crippen LogP contribution >= 0.6 is 11.3 Å². The molecule has 2 aromatic heterocycles. The Morgan fingerprint density at radius 1 is 1.31 bits per heavy atom. The zero-order valence-corrected chi connectivity index (χ0v) is 19.2. The Labute approximate surface area is 200 Å². The van der Waals surface area contributed by atoms with Gasteiger partial charge in [0.05, 0.1) is 11.1 Å². The molecule has 13 heteroatoms. The van der Waals surface area contributed by atoms with E-state index in [1.165, 1.54) is 0 Å². The number of hydrogen-bond donors (Lipinski definition) is 2. The largest absolute Gasteiger partial charge is 0.483 e. The van der Waals surface area contributed by atoms with Crippen LogP contribution < -0.4 is 10.1 Å². The smallest absolute Gasteiger partial charge is 0.417 e. The van der Waals surface area contributed by atoms with E-state index in [2.05, 4.69) is 20.2 Å². The van der Waals surface area contributed by atoms with Gasteiger partial charge in [0.2, 0.25) is 5.91 Å². The first-order chi connectivity index (χ1) is 16.5. The third-order valence-electron chi connectivity index (χ3n) is 5.70. The number of nitrogens with one attached hydrogen (secondary N) is 1. The second-order valence-electron chi connectivity index (χ2n) is 8.20. The fourth-order valence-electron chi connectivity index (χ4n) is 3.73. The summed E-state index contributed by atoms with van der Waals surface area (Å²) < 4.78 is 73.3. The molecule has 4 rings (SSSR count). The number of aliphatic hydroxyl groups excluding tert-OH is 1. The molecule has 35 heavy (non-hydrogen) atoms. The van der Waals surface area contributed by atoms with Gasteiger partial charge in [-0.2, -0.15) is 13.2 Å². The molecule has 0 radical (unpaired) electrons. The zero-order valence-electron chi connectivity index (χ0n) is 18.4. The molecule has 3 aromatic rings. The van der Waals surface area contributed by atoms with Crippen molar-refractivity contribution >= 4 is 27.6 Å². The number of amides is 1. The molecule has 2 N–H and O–H groups in total. The lowest BCUT2D eigenvalue weighted by Gasteiger charge is -2.29. The van der Waals surface area contributed by atoms with Gasteiger partial charge in [0.15, 0.2) is 17.8 Å². The summed E-state index contributed by atoms with van der Waals surface area (Å²) in [7, 11) is 1.92. The lowest BCUT2D eigenvalue weighted by Crippen LogP contribution is -2.40. The SMILES string of the molecule is CN1CCC(C(=O)NC(O)c2c(F)ccc(OCc3nc4cc(C(F)(F)F)cnc4s3)c2F)CC1. The van der Waals surface area contributed by atoms with Gasteiger partial charge in [-0.05, 0) is 51.2 Å². The van der Waals surface area contributed by atoms with Crippen LogP contribution in [0.4, 0.5) is 22.0 Å². The Hall–Kier alpha value is -2.90. The molecule has 0 aliphatic carbocycles. The molecule has 0 saturated carbocycles. The second kappa shape index (κ2) is 9.99. The number of ether oxygens (including phenoxy) is 1. The molecule has 1 unspecified atom stereocenters. The highest BCUT2D eigenvalue weighted by molar-refractivity contribution is 7.18. The third kappa shape index (κ3) is 5.68. The minimum Gasteiger partial charge on any atom is -0.483 e. The first-order valence-electron chi connectivity index (χ1n) is 10.6. The van der Waals surface area contributed by atoms with Crippen molar-refractivity contribution in [1.82, 2.24) is 20.2 Å². The van der Waals surface area contributed by atoms with Crippen molar-refractivity contribution in [3.05, 3.63) is 52.2 Å². The van der Waals surface area contributed by atoms with E-state index in [1.54, 1.807) is 0 Å². The van der Waals surface area contributed by atoms with Crippen molar-refractivity contribution in [2.45, 2.75) is 31.9 Å². The fraction of sp³-hybridized carbons (Fsp3) is 0.409. The molecule has 1 amide bonds. The molecule has 7 nitrogen and oxygen atoms in total. The molecule has 1 aromatic carbocycles. The van der Waals surface area contributed by atoms with Gasteiger partial charge in [-0.3, -0.25) is 4.79 Å². The molecular formula is C22H21F5N4O3S. The molecular weight excluding hydrogens is 495 g/mol. The first kappa shape index (κ1) is 25.2. The van der Waals surface area contributed by atoms with Gasteiger partial charge in [0, 0.05) is 12.1 Å². The number of carbonyl (C=O) groups is 1. The molecule has 1 fully saturated rings. The van der Waals surface area contributed by atoms with E-state index >= 15 is 0 Å². The van der Waals surface area contributed by atoms with Crippen LogP contribution in [0.15, 0.2) is 24.4 Å². The lowest BCUT2D eigenvalue weighted by molar-refractivity contribution is -0.137. The van der Waals surface area contributed by atoms with Crippen molar-refractivity contribution in [3.8, 4) is 5.75 Å². The summed E-state index contributed by atoms with van der Waals surface area (Å²) in [4.78, 5) is 22.5. The normalized spacial score (nSPS) is 16.4. The van der Waals surface area contributed by atoms with E-state index in [9.17, 15) is 31.9 Å². The number of hydrogen-bond acceptors (Lipinski definition) is 7. The van der Waals surface area contributed by atoms with Crippen LogP contribution in [-0.2, 0) is 17.6 Å². The summed E-state index contributed by atoms with van der Waals surface area (Å²) in [5, 5.41) is 12.8. The maximum absolute atomic E-state index is 15.0. The van der Waals surface area contributed by atoms with E-state index < -0.39 is 46.8 Å². The zero-order chi connectivity index (χ0) is 25.3. The summed E-state index contributed by atoms with van der Waals surface area (Å²) in [6.07, 6.45) is -4.69. The van der Waals surface area contributed by atoms with Gasteiger partial charge in [-0.1, -0.05) is 11.3 Å². The van der Waals surface area contributed by atoms with Gasteiger partial charge in [0.1, 0.15) is 27.8 Å². The van der Waals surface area contributed by atoms with E-state index in [1.807, 2.05) is 7.05 Å². The number of aromatic nitrogens is 2. The fourth-order valence-corrected chi connectivity index (χ4v) is 4.53. The Morgan fingerprint density at radius 2 is 2.03 bits per heavy atom. The van der Waals surface area contributed by atoms with Crippen molar-refractivity contribution in [3.63, 3.8) is 0 Å². The highest BCUT2D eigenvalue weighted by Gasteiger charge is 2.32. The number of rotatable bonds is 6. The van der Waals surface area contributed by atoms with Crippen molar-refractivity contribution in [2.75, 3.05) is 20.1 Å². The molecule has 1 aliphatic heterocycles. The summed E-state index contributed by atoms with van der Waals surface area (Å²) >= 11 is 0.959. The molecule has 3 heterocycles. The number of halogens is 5. The standard InChI is InChI=1S/C22H21F5N4O3S/c1-31-6-4-11(5-7-31)19(32)30-20(33)17-13(23)2-3-15(18(17)24)34-10-16-29-14-8-12(22(25,26)27)9-28-21(14)35-16/h2-3,8-9,11,20,33H,4-7,10H2,1H3,(H,30,32). The Bertz CT molecular complexity index is 1230. The van der Waals surface area contributed by atoms with E-state index in [4.69, 9.17) is 4.74 Å². The molecule has 0 bridgehead atoms. The Balaban J connectivity index is 1.46. The number of piperidine rings is 1.